The molecule has 2 aliphatic rings. The largest absolute Gasteiger partial charge is 0.493 e. The quantitative estimate of drug-likeness (QED) is 0.417. The van der Waals surface area contributed by atoms with Gasteiger partial charge in [0.1, 0.15) is 12.6 Å². The molecule has 6 rings (SSSR count). The summed E-state index contributed by atoms with van der Waals surface area (Å²) in [7, 11) is 3.18. The zero-order valence-corrected chi connectivity index (χ0v) is 21.3. The maximum atomic E-state index is 13.9. The summed E-state index contributed by atoms with van der Waals surface area (Å²) in [6.07, 6.45) is 0.449. The third-order valence-corrected chi connectivity index (χ3v) is 7.60. The predicted octanol–water partition coefficient (Wildman–Crippen LogP) is 4.72. The number of aromatic amines is 1. The van der Waals surface area contributed by atoms with Crippen LogP contribution in [0, 0.1) is 0 Å². The molecular weight excluding hydrogens is 490 g/mol. The van der Waals surface area contributed by atoms with Gasteiger partial charge in [0.2, 0.25) is 11.8 Å². The monoisotopic (exact) mass is 515 g/mol. The molecule has 0 bridgehead atoms. The van der Waals surface area contributed by atoms with Gasteiger partial charge in [-0.3, -0.25) is 9.59 Å². The summed E-state index contributed by atoms with van der Waals surface area (Å²) in [6, 6.07) is 20.0. The number of hydrogen-bond donors (Lipinski definition) is 1. The average Bonchev–Trinajstić information content (AvgIpc) is 3.29. The lowest BCUT2D eigenvalue weighted by Crippen LogP contribution is -2.62. The van der Waals surface area contributed by atoms with Crippen LogP contribution < -0.4 is 9.47 Å². The highest BCUT2D eigenvalue weighted by Crippen LogP contribution is 2.44. The van der Waals surface area contributed by atoms with Crippen molar-refractivity contribution in [3.05, 3.63) is 94.1 Å². The third-order valence-electron chi connectivity index (χ3n) is 7.35. The number of H-pyrrole nitrogens is 1. The van der Waals surface area contributed by atoms with Gasteiger partial charge in [0.05, 0.1) is 20.3 Å². The molecule has 1 unspecified atom stereocenters. The number of methoxy groups -OCH3 is 2. The van der Waals surface area contributed by atoms with Crippen molar-refractivity contribution in [2.75, 3.05) is 20.8 Å². The number of benzene rings is 3. The average molecular weight is 516 g/mol. The molecule has 8 heteroatoms. The molecule has 188 valence electrons. The minimum atomic E-state index is -0.613. The number of nitrogens with zero attached hydrogens (tertiary/aromatic N) is 2. The number of fused-ring (bicyclic) bond motifs is 4. The van der Waals surface area contributed by atoms with E-state index in [2.05, 4.69) is 11.1 Å². The van der Waals surface area contributed by atoms with Crippen LogP contribution in [0.2, 0.25) is 5.02 Å². The molecule has 0 spiro atoms. The molecule has 3 aromatic carbocycles. The zero-order chi connectivity index (χ0) is 25.7. The van der Waals surface area contributed by atoms with E-state index in [1.807, 2.05) is 48.5 Å². The predicted molar refractivity (Wildman–Crippen MR) is 141 cm³/mol. The van der Waals surface area contributed by atoms with Gasteiger partial charge < -0.3 is 24.3 Å². The Bertz CT molecular complexity index is 1510. The smallest absolute Gasteiger partial charge is 0.246 e. The molecular formula is C29H26ClN3O4. The summed E-state index contributed by atoms with van der Waals surface area (Å²) >= 11 is 6.04. The lowest BCUT2D eigenvalue weighted by atomic mass is 9.86. The maximum Gasteiger partial charge on any atom is 0.246 e. The van der Waals surface area contributed by atoms with E-state index in [1.165, 1.54) is 0 Å². The molecule has 1 fully saturated rings. The van der Waals surface area contributed by atoms with Gasteiger partial charge in [0.25, 0.3) is 0 Å². The van der Waals surface area contributed by atoms with E-state index in [9.17, 15) is 9.59 Å². The number of piperazine rings is 1. The van der Waals surface area contributed by atoms with Gasteiger partial charge >= 0.3 is 0 Å². The molecule has 7 nitrogen and oxygen atoms in total. The van der Waals surface area contributed by atoms with E-state index in [-0.39, 0.29) is 18.4 Å². The molecule has 2 atom stereocenters. The second-order valence-electron chi connectivity index (χ2n) is 9.42. The molecule has 1 saturated heterocycles. The van der Waals surface area contributed by atoms with Crippen molar-refractivity contribution in [1.29, 1.82) is 0 Å². The standard InChI is InChI=1S/C29H26ClN3O4/c1-36-24-12-9-18(13-25(24)37-2)28-27-21(20-5-3-4-6-22(20)31-27)14-23-29(35)32(16-26(34)33(23)28)15-17-7-10-19(30)11-8-17/h3-13,23,28,31H,14-16H2,1-2H3/t23-,28?/m0/s1. The SMILES string of the molecule is COc1ccc(C2c3[nH]c4ccccc4c3C[C@H]3C(=O)N(Cc4ccc(Cl)cc4)CC(=O)N23)cc1OC. The summed E-state index contributed by atoms with van der Waals surface area (Å²) in [5.41, 5.74) is 4.75. The van der Waals surface area contributed by atoms with Crippen molar-refractivity contribution in [1.82, 2.24) is 14.8 Å². The molecule has 1 N–H and O–H groups in total. The van der Waals surface area contributed by atoms with Crippen molar-refractivity contribution in [3.8, 4) is 11.5 Å². The second kappa shape index (κ2) is 9.16. The zero-order valence-electron chi connectivity index (χ0n) is 20.5. The number of carbonyl (C=O) groups excluding carboxylic acids is 2. The number of ether oxygens (including phenoxy) is 2. The fourth-order valence-electron chi connectivity index (χ4n) is 5.64. The topological polar surface area (TPSA) is 74.9 Å². The van der Waals surface area contributed by atoms with E-state index in [1.54, 1.807) is 36.2 Å². The van der Waals surface area contributed by atoms with E-state index < -0.39 is 12.1 Å². The van der Waals surface area contributed by atoms with Gasteiger partial charge in [-0.25, -0.2) is 0 Å². The Labute approximate surface area is 219 Å². The van der Waals surface area contributed by atoms with Crippen molar-refractivity contribution < 1.29 is 19.1 Å². The number of rotatable bonds is 5. The summed E-state index contributed by atoms with van der Waals surface area (Å²) in [5, 5.41) is 1.70. The Morgan fingerprint density at radius 1 is 0.973 bits per heavy atom. The fraction of sp³-hybridized carbons (Fsp3) is 0.241. The molecule has 2 amide bonds. The summed E-state index contributed by atoms with van der Waals surface area (Å²) in [6.45, 7) is 0.366. The van der Waals surface area contributed by atoms with Crippen LogP contribution in [0.3, 0.4) is 0 Å². The van der Waals surface area contributed by atoms with Gasteiger partial charge in [0, 0.05) is 34.6 Å². The van der Waals surface area contributed by atoms with Gasteiger partial charge in [-0.05, 0) is 47.0 Å². The molecule has 0 saturated carbocycles. The molecule has 2 aliphatic heterocycles. The van der Waals surface area contributed by atoms with Crippen LogP contribution in [-0.2, 0) is 22.6 Å². The summed E-state index contributed by atoms with van der Waals surface area (Å²) < 4.78 is 11.0. The Balaban J connectivity index is 1.46. The minimum Gasteiger partial charge on any atom is -0.493 e. The minimum absolute atomic E-state index is 0.0112. The normalized spacial score (nSPS) is 19.1. The number of nitrogens with one attached hydrogen (secondary N) is 1. The van der Waals surface area contributed by atoms with Crippen molar-refractivity contribution in [3.63, 3.8) is 0 Å². The number of hydrogen-bond acceptors (Lipinski definition) is 4. The van der Waals surface area contributed by atoms with Crippen LogP contribution in [0.4, 0.5) is 0 Å². The second-order valence-corrected chi connectivity index (χ2v) is 9.86. The third kappa shape index (κ3) is 3.90. The first kappa shape index (κ1) is 23.4. The van der Waals surface area contributed by atoms with Crippen LogP contribution in [-0.4, -0.2) is 53.4 Å². The van der Waals surface area contributed by atoms with Gasteiger partial charge in [-0.15, -0.1) is 0 Å². The van der Waals surface area contributed by atoms with Gasteiger partial charge in [-0.1, -0.05) is 48.0 Å². The number of para-hydroxylation sites is 1. The van der Waals surface area contributed by atoms with E-state index in [4.69, 9.17) is 21.1 Å². The van der Waals surface area contributed by atoms with Crippen LogP contribution in [0.5, 0.6) is 11.5 Å². The Kier molecular flexibility index (Phi) is 5.80. The molecule has 4 aromatic rings. The molecule has 37 heavy (non-hydrogen) atoms. The van der Waals surface area contributed by atoms with E-state index in [0.717, 1.165) is 33.3 Å². The van der Waals surface area contributed by atoms with Crippen LogP contribution >= 0.6 is 11.6 Å². The van der Waals surface area contributed by atoms with Crippen LogP contribution in [0.1, 0.15) is 28.4 Å². The van der Waals surface area contributed by atoms with Crippen LogP contribution in [0.25, 0.3) is 10.9 Å². The number of carbonyl (C=O) groups is 2. The summed E-state index contributed by atoms with van der Waals surface area (Å²) in [5.74, 6) is 1.02. The Morgan fingerprint density at radius 2 is 1.73 bits per heavy atom. The highest BCUT2D eigenvalue weighted by Gasteiger charge is 2.48. The molecule has 3 heterocycles. The van der Waals surface area contributed by atoms with Gasteiger partial charge in [0.15, 0.2) is 11.5 Å². The maximum absolute atomic E-state index is 13.9. The lowest BCUT2D eigenvalue weighted by molar-refractivity contribution is -0.159. The number of amides is 2. The molecule has 1 aromatic heterocycles. The number of aromatic nitrogens is 1. The van der Waals surface area contributed by atoms with Crippen LogP contribution in [0.15, 0.2) is 66.7 Å². The first-order valence-corrected chi connectivity index (χ1v) is 12.5. The van der Waals surface area contributed by atoms with Crippen molar-refractivity contribution in [2.24, 2.45) is 0 Å². The van der Waals surface area contributed by atoms with E-state index >= 15 is 0 Å². The first-order chi connectivity index (χ1) is 18.0. The van der Waals surface area contributed by atoms with Gasteiger partial charge in [-0.2, -0.15) is 0 Å². The van der Waals surface area contributed by atoms with Crippen molar-refractivity contribution in [2.45, 2.75) is 25.0 Å². The highest BCUT2D eigenvalue weighted by atomic mass is 35.5. The van der Waals surface area contributed by atoms with E-state index in [0.29, 0.717) is 29.5 Å². The first-order valence-electron chi connectivity index (χ1n) is 12.1. The van der Waals surface area contributed by atoms with Crippen molar-refractivity contribution >= 4 is 34.3 Å². The Morgan fingerprint density at radius 3 is 2.49 bits per heavy atom. The molecule has 0 radical (unpaired) electrons. The Hall–Kier alpha value is -3.97. The fourth-order valence-corrected chi connectivity index (χ4v) is 5.76. The highest BCUT2D eigenvalue weighted by molar-refractivity contribution is 6.30. The number of halogens is 1. The summed E-state index contributed by atoms with van der Waals surface area (Å²) in [4.78, 5) is 34.6. The lowest BCUT2D eigenvalue weighted by Gasteiger charge is -2.47. The molecule has 0 aliphatic carbocycles.